The van der Waals surface area contributed by atoms with Gasteiger partial charge in [-0.05, 0) is 18.8 Å². The maximum absolute atomic E-state index is 11.9. The molecule has 3 nitrogen and oxygen atoms in total. The zero-order valence-electron chi connectivity index (χ0n) is 12.5. The topological polar surface area (TPSA) is 35.5 Å². The molecule has 108 valence electrons. The first-order chi connectivity index (χ1) is 8.69. The molecule has 0 aromatic heterocycles. The van der Waals surface area contributed by atoms with E-state index in [1.54, 1.807) is 7.11 Å². The van der Waals surface area contributed by atoms with Gasteiger partial charge in [-0.1, -0.05) is 46.5 Å². The van der Waals surface area contributed by atoms with Crippen LogP contribution in [0, 0.1) is 11.8 Å². The summed E-state index contributed by atoms with van der Waals surface area (Å²) in [5.74, 6) is 0.427. The Morgan fingerprint density at radius 1 is 1.17 bits per heavy atom. The van der Waals surface area contributed by atoms with E-state index in [1.807, 2.05) is 6.92 Å². The number of carbonyl (C=O) groups is 1. The van der Waals surface area contributed by atoms with Gasteiger partial charge in [0.1, 0.15) is 0 Å². The fraction of sp³-hybridized carbons (Fsp3) is 0.933. The lowest BCUT2D eigenvalue weighted by Crippen LogP contribution is -2.25. The van der Waals surface area contributed by atoms with Gasteiger partial charge in [0.05, 0.1) is 19.1 Å². The molecule has 0 amide bonds. The molecule has 0 spiro atoms. The van der Waals surface area contributed by atoms with E-state index in [2.05, 4.69) is 13.8 Å². The zero-order valence-corrected chi connectivity index (χ0v) is 12.5. The molecule has 0 aliphatic carbocycles. The quantitative estimate of drug-likeness (QED) is 0.529. The zero-order chi connectivity index (χ0) is 13.8. The summed E-state index contributed by atoms with van der Waals surface area (Å²) in [7, 11) is 1.65. The van der Waals surface area contributed by atoms with Crippen molar-refractivity contribution in [2.24, 2.45) is 11.8 Å². The van der Waals surface area contributed by atoms with Gasteiger partial charge in [0.15, 0.2) is 0 Å². The van der Waals surface area contributed by atoms with E-state index in [0.29, 0.717) is 19.1 Å². The van der Waals surface area contributed by atoms with Crippen molar-refractivity contribution in [3.63, 3.8) is 0 Å². The first kappa shape index (κ1) is 17.4. The molecule has 0 radical (unpaired) electrons. The average Bonchev–Trinajstić information content (AvgIpc) is 2.39. The Bertz CT molecular complexity index is 204. The van der Waals surface area contributed by atoms with E-state index in [0.717, 1.165) is 19.3 Å². The van der Waals surface area contributed by atoms with Gasteiger partial charge in [-0.25, -0.2) is 0 Å². The van der Waals surface area contributed by atoms with Crippen LogP contribution in [0.4, 0.5) is 0 Å². The Morgan fingerprint density at radius 2 is 1.89 bits per heavy atom. The van der Waals surface area contributed by atoms with E-state index in [9.17, 15) is 4.79 Å². The van der Waals surface area contributed by atoms with Gasteiger partial charge in [-0.2, -0.15) is 0 Å². The number of hydrogen-bond donors (Lipinski definition) is 0. The molecule has 0 saturated heterocycles. The van der Waals surface area contributed by atoms with Crippen LogP contribution < -0.4 is 0 Å². The molecular weight excluding hydrogens is 228 g/mol. The highest BCUT2D eigenvalue weighted by molar-refractivity contribution is 5.72. The number of ether oxygens (including phenoxy) is 2. The second-order valence-corrected chi connectivity index (χ2v) is 4.97. The summed E-state index contributed by atoms with van der Waals surface area (Å²) < 4.78 is 10.4. The van der Waals surface area contributed by atoms with Crippen LogP contribution in [0.25, 0.3) is 0 Å². The van der Waals surface area contributed by atoms with E-state index in [4.69, 9.17) is 9.47 Å². The summed E-state index contributed by atoms with van der Waals surface area (Å²) in [6.07, 6.45) is 6.55. The minimum atomic E-state index is -0.0941. The van der Waals surface area contributed by atoms with E-state index >= 15 is 0 Å². The maximum Gasteiger partial charge on any atom is 0.311 e. The predicted molar refractivity (Wildman–Crippen MR) is 74.5 cm³/mol. The molecule has 0 rings (SSSR count). The molecule has 3 heteroatoms. The first-order valence-electron chi connectivity index (χ1n) is 7.35. The van der Waals surface area contributed by atoms with Crippen LogP contribution in [-0.4, -0.2) is 26.3 Å². The normalized spacial score (nSPS) is 14.2. The molecule has 18 heavy (non-hydrogen) atoms. The minimum absolute atomic E-state index is 0.0892. The Balaban J connectivity index is 4.24. The summed E-state index contributed by atoms with van der Waals surface area (Å²) in [5, 5.41) is 0. The van der Waals surface area contributed by atoms with Crippen molar-refractivity contribution < 1.29 is 14.3 Å². The summed E-state index contributed by atoms with van der Waals surface area (Å²) in [6, 6.07) is 0. The molecule has 2 unspecified atom stereocenters. The number of esters is 1. The average molecular weight is 258 g/mol. The molecule has 0 heterocycles. The van der Waals surface area contributed by atoms with Gasteiger partial charge in [0, 0.05) is 7.11 Å². The summed E-state index contributed by atoms with van der Waals surface area (Å²) in [6.45, 7) is 7.40. The molecule has 2 atom stereocenters. The molecule has 0 aromatic rings. The fourth-order valence-corrected chi connectivity index (χ4v) is 2.14. The van der Waals surface area contributed by atoms with Crippen LogP contribution in [-0.2, 0) is 14.3 Å². The van der Waals surface area contributed by atoms with Crippen LogP contribution in [0.15, 0.2) is 0 Å². The number of hydrogen-bond acceptors (Lipinski definition) is 3. The SMILES string of the molecule is CCCCC(CC)CC(COC)C(=O)OCCC. The van der Waals surface area contributed by atoms with Crippen LogP contribution in [0.5, 0.6) is 0 Å². The van der Waals surface area contributed by atoms with Crippen molar-refractivity contribution in [1.82, 2.24) is 0 Å². The van der Waals surface area contributed by atoms with Crippen molar-refractivity contribution in [3.05, 3.63) is 0 Å². The van der Waals surface area contributed by atoms with Crippen LogP contribution in [0.1, 0.15) is 59.3 Å². The molecule has 0 aliphatic rings. The predicted octanol–water partition coefficient (Wildman–Crippen LogP) is 3.81. The maximum atomic E-state index is 11.9. The smallest absolute Gasteiger partial charge is 0.311 e. The summed E-state index contributed by atoms with van der Waals surface area (Å²) in [4.78, 5) is 11.9. The second kappa shape index (κ2) is 11.5. The largest absolute Gasteiger partial charge is 0.465 e. The van der Waals surface area contributed by atoms with Crippen molar-refractivity contribution in [1.29, 1.82) is 0 Å². The highest BCUT2D eigenvalue weighted by Gasteiger charge is 2.23. The third-order valence-corrected chi connectivity index (χ3v) is 3.31. The summed E-state index contributed by atoms with van der Waals surface area (Å²) >= 11 is 0. The Labute approximate surface area is 112 Å². The van der Waals surface area contributed by atoms with E-state index < -0.39 is 0 Å². The Kier molecular flexibility index (Phi) is 11.2. The van der Waals surface area contributed by atoms with Crippen molar-refractivity contribution in [3.8, 4) is 0 Å². The van der Waals surface area contributed by atoms with Gasteiger partial charge in [-0.15, -0.1) is 0 Å². The Hall–Kier alpha value is -0.570. The van der Waals surface area contributed by atoms with Crippen LogP contribution in [0.2, 0.25) is 0 Å². The van der Waals surface area contributed by atoms with Crippen molar-refractivity contribution in [2.75, 3.05) is 20.3 Å². The molecule has 0 aliphatic heterocycles. The van der Waals surface area contributed by atoms with Crippen molar-refractivity contribution in [2.45, 2.75) is 59.3 Å². The number of rotatable bonds is 11. The lowest BCUT2D eigenvalue weighted by molar-refractivity contribution is -0.151. The first-order valence-corrected chi connectivity index (χ1v) is 7.35. The molecule has 0 N–H and O–H groups in total. The van der Waals surface area contributed by atoms with Gasteiger partial charge >= 0.3 is 5.97 Å². The van der Waals surface area contributed by atoms with Gasteiger partial charge in [0.25, 0.3) is 0 Å². The van der Waals surface area contributed by atoms with E-state index in [-0.39, 0.29) is 11.9 Å². The molecule has 0 saturated carbocycles. The van der Waals surface area contributed by atoms with Gasteiger partial charge in [-0.3, -0.25) is 4.79 Å². The standard InChI is InChI=1S/C15H30O3/c1-5-8-9-13(7-3)11-14(12-17-4)15(16)18-10-6-2/h13-14H,5-12H2,1-4H3. The minimum Gasteiger partial charge on any atom is -0.465 e. The third kappa shape index (κ3) is 7.70. The number of unbranched alkanes of at least 4 members (excludes halogenated alkanes) is 1. The lowest BCUT2D eigenvalue weighted by Gasteiger charge is -2.21. The molecule has 0 bridgehead atoms. The molecule has 0 fully saturated rings. The molecular formula is C15H30O3. The monoisotopic (exact) mass is 258 g/mol. The second-order valence-electron chi connectivity index (χ2n) is 4.97. The Morgan fingerprint density at radius 3 is 2.39 bits per heavy atom. The van der Waals surface area contributed by atoms with Crippen LogP contribution in [0.3, 0.4) is 0 Å². The van der Waals surface area contributed by atoms with Gasteiger partial charge < -0.3 is 9.47 Å². The number of methoxy groups -OCH3 is 1. The highest BCUT2D eigenvalue weighted by Crippen LogP contribution is 2.22. The number of carbonyl (C=O) groups excluding carboxylic acids is 1. The summed E-state index contributed by atoms with van der Waals surface area (Å²) in [5.41, 5.74) is 0. The highest BCUT2D eigenvalue weighted by atomic mass is 16.5. The van der Waals surface area contributed by atoms with E-state index in [1.165, 1.54) is 19.3 Å². The third-order valence-electron chi connectivity index (χ3n) is 3.31. The van der Waals surface area contributed by atoms with Crippen molar-refractivity contribution >= 4 is 5.97 Å². The fourth-order valence-electron chi connectivity index (χ4n) is 2.14. The molecule has 0 aromatic carbocycles. The van der Waals surface area contributed by atoms with Crippen LogP contribution >= 0.6 is 0 Å². The lowest BCUT2D eigenvalue weighted by atomic mass is 9.89. The van der Waals surface area contributed by atoms with Gasteiger partial charge in [0.2, 0.25) is 0 Å².